The third-order valence-corrected chi connectivity index (χ3v) is 3.58. The zero-order chi connectivity index (χ0) is 16.2. The van der Waals surface area contributed by atoms with E-state index < -0.39 is 5.97 Å². The molecule has 5 heteroatoms. The van der Waals surface area contributed by atoms with Crippen molar-refractivity contribution in [1.29, 1.82) is 0 Å². The quantitative estimate of drug-likeness (QED) is 0.593. The molecule has 0 saturated heterocycles. The van der Waals surface area contributed by atoms with Crippen molar-refractivity contribution in [2.24, 2.45) is 0 Å². The Bertz CT molecular complexity index is 851. The minimum Gasteiger partial charge on any atom is -0.465 e. The summed E-state index contributed by atoms with van der Waals surface area (Å²) in [7, 11) is 1.32. The number of carbonyl (C=O) groups excluding carboxylic acids is 2. The van der Waals surface area contributed by atoms with Gasteiger partial charge in [-0.05, 0) is 28.8 Å². The van der Waals surface area contributed by atoms with Crippen LogP contribution in [0.5, 0.6) is 0 Å². The van der Waals surface area contributed by atoms with E-state index in [1.807, 2.05) is 36.4 Å². The number of esters is 1. The first-order chi connectivity index (χ1) is 11.2. The summed E-state index contributed by atoms with van der Waals surface area (Å²) >= 11 is 0. The first kappa shape index (κ1) is 14.7. The molecule has 1 aromatic rings. The van der Waals surface area contributed by atoms with Crippen LogP contribution in [0.25, 0.3) is 23.3 Å². The molecular formula is C18H14N2O3. The Kier molecular flexibility index (Phi) is 4.01. The fourth-order valence-electron chi connectivity index (χ4n) is 2.42. The monoisotopic (exact) mass is 306 g/mol. The van der Waals surface area contributed by atoms with Crippen LogP contribution in [0.3, 0.4) is 0 Å². The van der Waals surface area contributed by atoms with E-state index in [1.54, 1.807) is 18.6 Å². The van der Waals surface area contributed by atoms with E-state index in [4.69, 9.17) is 4.74 Å². The normalized spacial score (nSPS) is 11.0. The van der Waals surface area contributed by atoms with Gasteiger partial charge in [-0.2, -0.15) is 0 Å². The number of imidazole rings is 1. The molecule has 0 aromatic carbocycles. The van der Waals surface area contributed by atoms with Gasteiger partial charge in [0.2, 0.25) is 0 Å². The van der Waals surface area contributed by atoms with Gasteiger partial charge in [0.25, 0.3) is 0 Å². The molecule has 1 N–H and O–H groups in total. The molecule has 0 atom stereocenters. The lowest BCUT2D eigenvalue weighted by Gasteiger charge is -1.98. The number of nitrogens with one attached hydrogen (secondary N) is 1. The van der Waals surface area contributed by atoms with E-state index in [0.717, 1.165) is 23.1 Å². The summed E-state index contributed by atoms with van der Waals surface area (Å²) in [5.41, 5.74) is 4.11. The standard InChI is InChI=1S/C18H14N2O3/c1-23-18(22)17-8-13(10-21)15-6-3-12(4-7-16(15)17)2-5-14-9-19-11-20-14/h2-11H,1H3,(H,19,20)/b5-2+. The topological polar surface area (TPSA) is 72.1 Å². The van der Waals surface area contributed by atoms with Gasteiger partial charge in [-0.1, -0.05) is 30.3 Å². The minimum atomic E-state index is -0.455. The molecule has 5 nitrogen and oxygen atoms in total. The second-order valence-corrected chi connectivity index (χ2v) is 4.96. The summed E-state index contributed by atoms with van der Waals surface area (Å²) in [6.07, 6.45) is 7.89. The number of hydrogen-bond acceptors (Lipinski definition) is 4. The zero-order valence-corrected chi connectivity index (χ0v) is 12.4. The SMILES string of the molecule is COC(=O)c1cc(C=O)c2ccc(/C=C/c3cnc[nH]3)ccc1-2. The highest BCUT2D eigenvalue weighted by molar-refractivity contribution is 6.04. The van der Waals surface area contributed by atoms with E-state index in [9.17, 15) is 9.59 Å². The fourth-order valence-corrected chi connectivity index (χ4v) is 2.42. The van der Waals surface area contributed by atoms with Gasteiger partial charge in [-0.15, -0.1) is 0 Å². The average molecular weight is 306 g/mol. The van der Waals surface area contributed by atoms with E-state index in [-0.39, 0.29) is 0 Å². The molecule has 0 fully saturated rings. The van der Waals surface area contributed by atoms with Gasteiger partial charge in [0.15, 0.2) is 6.29 Å². The molecule has 0 bridgehead atoms. The molecule has 23 heavy (non-hydrogen) atoms. The first-order valence-corrected chi connectivity index (χ1v) is 6.99. The van der Waals surface area contributed by atoms with E-state index in [1.165, 1.54) is 7.11 Å². The Hall–Kier alpha value is -3.21. The molecule has 1 heterocycles. The van der Waals surface area contributed by atoms with Crippen molar-refractivity contribution in [2.45, 2.75) is 0 Å². The smallest absolute Gasteiger partial charge is 0.338 e. The van der Waals surface area contributed by atoms with Crippen LogP contribution in [0, 0.1) is 0 Å². The highest BCUT2D eigenvalue weighted by atomic mass is 16.5. The van der Waals surface area contributed by atoms with E-state index in [0.29, 0.717) is 16.7 Å². The Labute approximate surface area is 133 Å². The number of fused-ring (bicyclic) bond motifs is 1. The third kappa shape index (κ3) is 2.89. The van der Waals surface area contributed by atoms with Crippen molar-refractivity contribution in [3.63, 3.8) is 0 Å². The number of carbonyl (C=O) groups is 2. The fraction of sp³-hybridized carbons (Fsp3) is 0.0556. The second-order valence-electron chi connectivity index (χ2n) is 4.96. The number of H-pyrrole nitrogens is 1. The molecule has 114 valence electrons. The van der Waals surface area contributed by atoms with Gasteiger partial charge in [-0.25, -0.2) is 9.78 Å². The van der Waals surface area contributed by atoms with E-state index >= 15 is 0 Å². The maximum Gasteiger partial charge on any atom is 0.338 e. The number of aromatic amines is 1. The molecule has 2 aliphatic carbocycles. The number of aromatic nitrogens is 2. The number of ether oxygens (including phenoxy) is 1. The second kappa shape index (κ2) is 6.27. The number of rotatable bonds is 4. The number of nitrogens with zero attached hydrogens (tertiary/aromatic N) is 1. The molecule has 0 spiro atoms. The highest BCUT2D eigenvalue weighted by Gasteiger charge is 2.19. The summed E-state index contributed by atoms with van der Waals surface area (Å²) in [6, 6.07) is 8.99. The van der Waals surface area contributed by atoms with Crippen LogP contribution in [0.15, 0.2) is 42.9 Å². The molecule has 0 radical (unpaired) electrons. The first-order valence-electron chi connectivity index (χ1n) is 6.99. The Morgan fingerprint density at radius 3 is 2.61 bits per heavy atom. The minimum absolute atomic E-state index is 0.393. The molecule has 2 aliphatic rings. The molecular weight excluding hydrogens is 292 g/mol. The van der Waals surface area contributed by atoms with Gasteiger partial charge >= 0.3 is 5.97 Å². The van der Waals surface area contributed by atoms with Crippen molar-refractivity contribution < 1.29 is 14.3 Å². The van der Waals surface area contributed by atoms with Crippen LogP contribution >= 0.6 is 0 Å². The zero-order valence-electron chi connectivity index (χ0n) is 12.4. The van der Waals surface area contributed by atoms with Crippen LogP contribution in [0.4, 0.5) is 0 Å². The Balaban J connectivity index is 2.05. The Morgan fingerprint density at radius 1 is 1.17 bits per heavy atom. The average Bonchev–Trinajstić information content (AvgIpc) is 3.16. The van der Waals surface area contributed by atoms with Crippen LogP contribution in [0.1, 0.15) is 32.0 Å². The molecule has 0 saturated carbocycles. The maximum absolute atomic E-state index is 11.9. The van der Waals surface area contributed by atoms with Crippen LogP contribution in [-0.4, -0.2) is 29.3 Å². The van der Waals surface area contributed by atoms with Crippen molar-refractivity contribution in [1.82, 2.24) is 9.97 Å². The summed E-state index contributed by atoms with van der Waals surface area (Å²) in [4.78, 5) is 30.0. The predicted octanol–water partition coefficient (Wildman–Crippen LogP) is 3.28. The van der Waals surface area contributed by atoms with Crippen molar-refractivity contribution in [3.05, 3.63) is 65.2 Å². The number of methoxy groups -OCH3 is 1. The molecule has 1 aromatic heterocycles. The van der Waals surface area contributed by atoms with Gasteiger partial charge in [0.1, 0.15) is 0 Å². The largest absolute Gasteiger partial charge is 0.465 e. The Morgan fingerprint density at radius 2 is 1.96 bits per heavy atom. The summed E-state index contributed by atoms with van der Waals surface area (Å²) < 4.78 is 4.78. The maximum atomic E-state index is 11.9. The van der Waals surface area contributed by atoms with Gasteiger partial charge in [0.05, 0.1) is 30.9 Å². The molecule has 0 unspecified atom stereocenters. The van der Waals surface area contributed by atoms with Crippen LogP contribution in [-0.2, 0) is 4.74 Å². The molecule has 0 aliphatic heterocycles. The van der Waals surface area contributed by atoms with Crippen LogP contribution in [0.2, 0.25) is 0 Å². The van der Waals surface area contributed by atoms with Gasteiger partial charge in [0, 0.05) is 5.56 Å². The van der Waals surface area contributed by atoms with Gasteiger partial charge in [-0.3, -0.25) is 4.79 Å². The lowest BCUT2D eigenvalue weighted by Crippen LogP contribution is -1.99. The van der Waals surface area contributed by atoms with Crippen molar-refractivity contribution in [3.8, 4) is 11.1 Å². The molecule has 0 amide bonds. The molecule has 3 rings (SSSR count). The third-order valence-electron chi connectivity index (χ3n) is 3.58. The van der Waals surface area contributed by atoms with Crippen LogP contribution < -0.4 is 0 Å². The van der Waals surface area contributed by atoms with E-state index in [2.05, 4.69) is 9.97 Å². The summed E-state index contributed by atoms with van der Waals surface area (Å²) in [5, 5.41) is 0. The number of hydrogen-bond donors (Lipinski definition) is 1. The lowest BCUT2D eigenvalue weighted by molar-refractivity contribution is 0.0602. The predicted molar refractivity (Wildman–Crippen MR) is 87.3 cm³/mol. The summed E-state index contributed by atoms with van der Waals surface area (Å²) in [5.74, 6) is -0.455. The lowest BCUT2D eigenvalue weighted by atomic mass is 10.1. The summed E-state index contributed by atoms with van der Waals surface area (Å²) in [6.45, 7) is 0. The van der Waals surface area contributed by atoms with Crippen molar-refractivity contribution >= 4 is 24.4 Å². The van der Waals surface area contributed by atoms with Crippen molar-refractivity contribution in [2.75, 3.05) is 7.11 Å². The highest BCUT2D eigenvalue weighted by Crippen LogP contribution is 2.32. The number of aldehydes is 1. The van der Waals surface area contributed by atoms with Gasteiger partial charge < -0.3 is 9.72 Å².